The Labute approximate surface area is 219 Å². The smallest absolute Gasteiger partial charge is 0.294 e. The Morgan fingerprint density at radius 3 is 2.43 bits per heavy atom. The van der Waals surface area contributed by atoms with Crippen LogP contribution in [0.4, 0.5) is 16.2 Å². The highest BCUT2D eigenvalue weighted by atomic mass is 32.2. The third-order valence-corrected chi connectivity index (χ3v) is 7.83. The number of rotatable bonds is 6. The average Bonchev–Trinajstić information content (AvgIpc) is 3.33. The van der Waals surface area contributed by atoms with Crippen LogP contribution in [0.3, 0.4) is 0 Å². The first kappa shape index (κ1) is 24.8. The van der Waals surface area contributed by atoms with Crippen molar-refractivity contribution < 1.29 is 14.5 Å². The minimum absolute atomic E-state index is 0.0930. The van der Waals surface area contributed by atoms with Gasteiger partial charge in [-0.15, -0.1) is 0 Å². The molecule has 37 heavy (non-hydrogen) atoms. The lowest BCUT2D eigenvalue weighted by molar-refractivity contribution is -0.384. The summed E-state index contributed by atoms with van der Waals surface area (Å²) in [5, 5.41) is 11.7. The highest BCUT2D eigenvalue weighted by molar-refractivity contribution is 8.18. The quantitative estimate of drug-likeness (QED) is 0.219. The molecule has 1 aromatic heterocycles. The number of aromatic nitrogens is 1. The number of anilines is 1. The van der Waals surface area contributed by atoms with E-state index in [1.165, 1.54) is 4.90 Å². The van der Waals surface area contributed by atoms with E-state index in [4.69, 9.17) is 0 Å². The standard InChI is InChI=1S/C28H28N4O4S/c1-19-15-22(16-26-27(33)30(28(34)37-26)18-21-9-5-3-6-10-21)20(2)31(19)23-11-12-24(25(17-23)32(35)36)29-13-7-4-8-14-29/h3,5-6,9-12,15-17H,4,7-8,13-14,18H2,1-2H3/b26-16-. The molecular formula is C28H28N4O4S. The lowest BCUT2D eigenvalue weighted by Gasteiger charge is -2.28. The number of nitrogens with zero attached hydrogens (tertiary/aromatic N) is 4. The number of benzene rings is 2. The second-order valence-corrected chi connectivity index (χ2v) is 10.4. The number of imide groups is 1. The molecule has 0 unspecified atom stereocenters. The van der Waals surface area contributed by atoms with Crippen molar-refractivity contribution in [2.75, 3.05) is 18.0 Å². The van der Waals surface area contributed by atoms with E-state index in [1.807, 2.05) is 66.9 Å². The summed E-state index contributed by atoms with van der Waals surface area (Å²) in [6, 6.07) is 16.7. The maximum atomic E-state index is 13.0. The van der Waals surface area contributed by atoms with Crippen molar-refractivity contribution in [1.82, 2.24) is 9.47 Å². The Kier molecular flexibility index (Phi) is 6.88. The molecule has 0 bridgehead atoms. The van der Waals surface area contributed by atoms with E-state index >= 15 is 0 Å². The van der Waals surface area contributed by atoms with Crippen LogP contribution in [-0.2, 0) is 11.3 Å². The average molecular weight is 517 g/mol. The van der Waals surface area contributed by atoms with E-state index in [9.17, 15) is 19.7 Å². The van der Waals surface area contributed by atoms with E-state index in [-0.39, 0.29) is 28.3 Å². The SMILES string of the molecule is Cc1cc(/C=C2\SC(=O)N(Cc3ccccc3)C2=O)c(C)n1-c1ccc(N2CCCCC2)c([N+](=O)[O-])c1. The summed E-state index contributed by atoms with van der Waals surface area (Å²) in [5.41, 5.74) is 4.85. The number of hydrogen-bond donors (Lipinski definition) is 0. The molecule has 2 aliphatic heterocycles. The summed E-state index contributed by atoms with van der Waals surface area (Å²) >= 11 is 0.934. The van der Waals surface area contributed by atoms with Gasteiger partial charge in [-0.25, -0.2) is 0 Å². The molecule has 2 aromatic carbocycles. The molecule has 2 fully saturated rings. The monoisotopic (exact) mass is 516 g/mol. The third kappa shape index (κ3) is 4.91. The number of nitro benzene ring substituents is 1. The first-order valence-electron chi connectivity index (χ1n) is 12.4. The molecular weight excluding hydrogens is 488 g/mol. The number of carbonyl (C=O) groups is 2. The summed E-state index contributed by atoms with van der Waals surface area (Å²) in [4.78, 5) is 41.0. The van der Waals surface area contributed by atoms with Gasteiger partial charge >= 0.3 is 0 Å². The second kappa shape index (κ2) is 10.3. The van der Waals surface area contributed by atoms with Gasteiger partial charge in [0, 0.05) is 30.5 Å². The lowest BCUT2D eigenvalue weighted by Crippen LogP contribution is -2.30. The fraction of sp³-hybridized carbons (Fsp3) is 0.286. The molecule has 2 saturated heterocycles. The number of aryl methyl sites for hydroxylation is 1. The Hall–Kier alpha value is -3.85. The second-order valence-electron chi connectivity index (χ2n) is 9.39. The molecule has 190 valence electrons. The fourth-order valence-corrected chi connectivity index (χ4v) is 5.90. The maximum absolute atomic E-state index is 13.0. The van der Waals surface area contributed by atoms with Crippen LogP contribution in [0.1, 0.15) is 41.8 Å². The number of carbonyl (C=O) groups excluding carboxylic acids is 2. The topological polar surface area (TPSA) is 88.7 Å². The van der Waals surface area contributed by atoms with Gasteiger partial charge in [0.25, 0.3) is 16.8 Å². The van der Waals surface area contributed by atoms with Gasteiger partial charge in [-0.05, 0) is 80.3 Å². The van der Waals surface area contributed by atoms with Gasteiger partial charge < -0.3 is 9.47 Å². The molecule has 0 saturated carbocycles. The number of thioether (sulfide) groups is 1. The van der Waals surface area contributed by atoms with Gasteiger partial charge in [0.2, 0.25) is 0 Å². The van der Waals surface area contributed by atoms with Crippen LogP contribution >= 0.6 is 11.8 Å². The van der Waals surface area contributed by atoms with Crippen LogP contribution < -0.4 is 4.90 Å². The van der Waals surface area contributed by atoms with Crippen LogP contribution in [0, 0.1) is 24.0 Å². The van der Waals surface area contributed by atoms with Crippen LogP contribution in [0.15, 0.2) is 59.5 Å². The zero-order valence-corrected chi connectivity index (χ0v) is 21.7. The summed E-state index contributed by atoms with van der Waals surface area (Å²) in [6.07, 6.45) is 4.97. The van der Waals surface area contributed by atoms with Crippen molar-refractivity contribution in [1.29, 1.82) is 0 Å². The Balaban J connectivity index is 1.45. The van der Waals surface area contributed by atoms with Crippen LogP contribution in [-0.4, -0.2) is 38.6 Å². The van der Waals surface area contributed by atoms with E-state index in [0.717, 1.165) is 66.6 Å². The molecule has 0 atom stereocenters. The largest absolute Gasteiger partial charge is 0.366 e. The fourth-order valence-electron chi connectivity index (χ4n) is 5.07. The Morgan fingerprint density at radius 1 is 1.00 bits per heavy atom. The van der Waals surface area contributed by atoms with Crippen LogP contribution in [0.2, 0.25) is 0 Å². The van der Waals surface area contributed by atoms with E-state index in [2.05, 4.69) is 4.90 Å². The summed E-state index contributed by atoms with van der Waals surface area (Å²) in [6.45, 7) is 5.72. The predicted molar refractivity (Wildman–Crippen MR) is 146 cm³/mol. The maximum Gasteiger partial charge on any atom is 0.294 e. The molecule has 2 amide bonds. The van der Waals surface area contributed by atoms with Gasteiger partial charge in [0.15, 0.2) is 0 Å². The van der Waals surface area contributed by atoms with Gasteiger partial charge in [-0.3, -0.25) is 24.6 Å². The van der Waals surface area contributed by atoms with Crippen molar-refractivity contribution in [2.24, 2.45) is 0 Å². The van der Waals surface area contributed by atoms with Crippen molar-refractivity contribution >= 4 is 40.4 Å². The van der Waals surface area contributed by atoms with Crippen molar-refractivity contribution in [3.63, 3.8) is 0 Å². The summed E-state index contributed by atoms with van der Waals surface area (Å²) < 4.78 is 1.95. The highest BCUT2D eigenvalue weighted by Crippen LogP contribution is 2.36. The normalized spacial score (nSPS) is 17.2. The van der Waals surface area contributed by atoms with E-state index in [1.54, 1.807) is 12.1 Å². The molecule has 3 aromatic rings. The van der Waals surface area contributed by atoms with Crippen molar-refractivity contribution in [3.05, 3.63) is 92.1 Å². The van der Waals surface area contributed by atoms with Crippen molar-refractivity contribution in [3.8, 4) is 5.69 Å². The molecule has 2 aliphatic rings. The molecule has 8 nitrogen and oxygen atoms in total. The van der Waals surface area contributed by atoms with Crippen LogP contribution in [0.5, 0.6) is 0 Å². The van der Waals surface area contributed by atoms with E-state index in [0.29, 0.717) is 16.3 Å². The number of hydrogen-bond acceptors (Lipinski definition) is 6. The van der Waals surface area contributed by atoms with Gasteiger partial charge in [0.1, 0.15) is 5.69 Å². The number of piperidine rings is 1. The minimum atomic E-state index is -0.315. The Morgan fingerprint density at radius 2 is 1.73 bits per heavy atom. The van der Waals surface area contributed by atoms with Gasteiger partial charge in [0.05, 0.1) is 22.1 Å². The first-order valence-corrected chi connectivity index (χ1v) is 13.2. The van der Waals surface area contributed by atoms with Gasteiger partial charge in [-0.2, -0.15) is 0 Å². The van der Waals surface area contributed by atoms with E-state index < -0.39 is 0 Å². The molecule has 0 N–H and O–H groups in total. The summed E-state index contributed by atoms with van der Waals surface area (Å²) in [5.74, 6) is -0.315. The molecule has 0 aliphatic carbocycles. The number of amides is 2. The highest BCUT2D eigenvalue weighted by Gasteiger charge is 2.35. The molecule has 0 radical (unpaired) electrons. The Bertz CT molecular complexity index is 1410. The van der Waals surface area contributed by atoms with Crippen molar-refractivity contribution in [2.45, 2.75) is 39.7 Å². The number of nitro groups is 1. The minimum Gasteiger partial charge on any atom is -0.366 e. The zero-order chi connectivity index (χ0) is 26.1. The zero-order valence-electron chi connectivity index (χ0n) is 20.8. The molecule has 0 spiro atoms. The summed E-state index contributed by atoms with van der Waals surface area (Å²) in [7, 11) is 0. The predicted octanol–water partition coefficient (Wildman–Crippen LogP) is 6.23. The third-order valence-electron chi connectivity index (χ3n) is 6.92. The molecule has 5 rings (SSSR count). The molecule has 9 heteroatoms. The lowest BCUT2D eigenvalue weighted by atomic mass is 10.1. The van der Waals surface area contributed by atoms with Gasteiger partial charge in [-0.1, -0.05) is 30.3 Å². The molecule has 3 heterocycles. The first-order chi connectivity index (χ1) is 17.8. The van der Waals surface area contributed by atoms with Crippen LogP contribution in [0.25, 0.3) is 11.8 Å².